The minimum absolute atomic E-state index is 0.201. The largest absolute Gasteiger partial charge is 0.371 e. The van der Waals surface area contributed by atoms with E-state index in [1.54, 1.807) is 0 Å². The fourth-order valence-electron chi connectivity index (χ4n) is 4.61. The van der Waals surface area contributed by atoms with E-state index in [1.807, 2.05) is 16.8 Å². The number of hydrogen-bond acceptors (Lipinski definition) is 6. The fourth-order valence-corrected chi connectivity index (χ4v) is 4.61. The Hall–Kier alpha value is -2.54. The molecule has 0 spiro atoms. The third-order valence-corrected chi connectivity index (χ3v) is 6.32. The van der Waals surface area contributed by atoms with E-state index in [1.165, 1.54) is 18.5 Å². The summed E-state index contributed by atoms with van der Waals surface area (Å²) in [7, 11) is 1.98. The first-order chi connectivity index (χ1) is 13.5. The van der Waals surface area contributed by atoms with Gasteiger partial charge in [0.2, 0.25) is 11.8 Å². The van der Waals surface area contributed by atoms with Gasteiger partial charge < -0.3 is 20.4 Å². The highest BCUT2D eigenvalue weighted by molar-refractivity contribution is 6.03. The van der Waals surface area contributed by atoms with Crippen LogP contribution in [0.5, 0.6) is 0 Å². The molecule has 2 amide bonds. The van der Waals surface area contributed by atoms with Crippen LogP contribution < -0.4 is 25.8 Å². The molecule has 1 unspecified atom stereocenters. The van der Waals surface area contributed by atoms with Crippen LogP contribution in [-0.4, -0.2) is 44.5 Å². The highest BCUT2D eigenvalue weighted by atomic mass is 16.2. The summed E-state index contributed by atoms with van der Waals surface area (Å²) in [4.78, 5) is 30.3. The van der Waals surface area contributed by atoms with Crippen LogP contribution >= 0.6 is 0 Å². The average molecular weight is 383 g/mol. The maximum Gasteiger partial charge on any atom is 0.249 e. The van der Waals surface area contributed by atoms with E-state index in [0.29, 0.717) is 12.8 Å². The summed E-state index contributed by atoms with van der Waals surface area (Å²) in [5.41, 5.74) is 8.94. The molecule has 2 saturated heterocycles. The highest BCUT2D eigenvalue weighted by Crippen LogP contribution is 2.44. The van der Waals surface area contributed by atoms with Crippen molar-refractivity contribution in [1.29, 1.82) is 0 Å². The molecule has 1 aromatic carbocycles. The molecule has 4 rings (SSSR count). The summed E-state index contributed by atoms with van der Waals surface area (Å²) < 4.78 is 0. The molecule has 0 bridgehead atoms. The Balaban J connectivity index is 1.55. The zero-order valence-corrected chi connectivity index (χ0v) is 16.5. The Labute approximate surface area is 166 Å². The fraction of sp³-hybridized carbons (Fsp3) is 0.524. The summed E-state index contributed by atoms with van der Waals surface area (Å²) in [5.74, 6) is 1.06. The summed E-state index contributed by atoms with van der Waals surface area (Å²) in [5, 5.41) is 2.45. The second-order valence-corrected chi connectivity index (χ2v) is 7.99. The van der Waals surface area contributed by atoms with Gasteiger partial charge in [0, 0.05) is 32.2 Å². The van der Waals surface area contributed by atoms with Crippen molar-refractivity contribution in [2.75, 3.05) is 41.4 Å². The van der Waals surface area contributed by atoms with Crippen molar-refractivity contribution in [3.63, 3.8) is 0 Å². The maximum absolute atomic E-state index is 12.4. The van der Waals surface area contributed by atoms with Crippen LogP contribution in [0.3, 0.4) is 0 Å². The number of nitrogens with one attached hydrogen (secondary N) is 1. The predicted molar refractivity (Wildman–Crippen MR) is 111 cm³/mol. The molecular formula is C21H29N5O2. The van der Waals surface area contributed by atoms with Gasteiger partial charge >= 0.3 is 0 Å². The van der Waals surface area contributed by atoms with Gasteiger partial charge in [-0.3, -0.25) is 14.9 Å². The number of rotatable bonds is 4. The normalized spacial score (nSPS) is 23.3. The first kappa shape index (κ1) is 18.8. The lowest BCUT2D eigenvalue weighted by Gasteiger charge is -2.34. The van der Waals surface area contributed by atoms with Crippen LogP contribution in [0, 0.1) is 5.92 Å². The number of hydrogen-bond donors (Lipinski definition) is 2. The molecule has 3 heterocycles. The number of carbonyl (C=O) groups excluding carboxylic acids is 2. The Bertz CT molecular complexity index is 800. The van der Waals surface area contributed by atoms with E-state index in [2.05, 4.69) is 35.0 Å². The molecular weight excluding hydrogens is 354 g/mol. The number of nitrogens with two attached hydrogens (primary N) is 1. The van der Waals surface area contributed by atoms with Gasteiger partial charge in [-0.1, -0.05) is 6.58 Å². The lowest BCUT2D eigenvalue weighted by molar-refractivity contribution is -0.134. The van der Waals surface area contributed by atoms with E-state index in [9.17, 15) is 9.59 Å². The summed E-state index contributed by atoms with van der Waals surface area (Å²) >= 11 is 0. The SMILES string of the molecule is C=C1N(C)c2cc(N3CCC(CCN)CC3)ccc2N1C1CCC(=O)NC1=O. The summed E-state index contributed by atoms with van der Waals surface area (Å²) in [6.45, 7) is 7.06. The first-order valence-corrected chi connectivity index (χ1v) is 10.1. The Morgan fingerprint density at radius 2 is 1.93 bits per heavy atom. The molecule has 7 nitrogen and oxygen atoms in total. The lowest BCUT2D eigenvalue weighted by atomic mass is 9.93. The topological polar surface area (TPSA) is 81.9 Å². The van der Waals surface area contributed by atoms with Gasteiger partial charge in [0.15, 0.2) is 0 Å². The van der Waals surface area contributed by atoms with Gasteiger partial charge in [0.1, 0.15) is 11.9 Å². The minimum atomic E-state index is -0.397. The van der Waals surface area contributed by atoms with Crippen molar-refractivity contribution in [2.24, 2.45) is 11.7 Å². The van der Waals surface area contributed by atoms with Crippen LogP contribution in [0.4, 0.5) is 17.1 Å². The zero-order chi connectivity index (χ0) is 19.8. The van der Waals surface area contributed by atoms with Crippen molar-refractivity contribution in [3.05, 3.63) is 30.6 Å². The van der Waals surface area contributed by atoms with Crippen molar-refractivity contribution in [2.45, 2.75) is 38.1 Å². The molecule has 0 aromatic heterocycles. The molecule has 0 radical (unpaired) electrons. The molecule has 0 aliphatic carbocycles. The lowest BCUT2D eigenvalue weighted by Crippen LogP contribution is -2.52. The van der Waals surface area contributed by atoms with E-state index in [0.717, 1.165) is 49.2 Å². The number of piperidine rings is 2. The van der Waals surface area contributed by atoms with Crippen molar-refractivity contribution in [3.8, 4) is 0 Å². The number of nitrogens with zero attached hydrogens (tertiary/aromatic N) is 3. The highest BCUT2D eigenvalue weighted by Gasteiger charge is 2.39. The van der Waals surface area contributed by atoms with Gasteiger partial charge in [-0.25, -0.2) is 0 Å². The number of anilines is 3. The van der Waals surface area contributed by atoms with Crippen LogP contribution in [-0.2, 0) is 9.59 Å². The average Bonchev–Trinajstić information content (AvgIpc) is 2.93. The van der Waals surface area contributed by atoms with Crippen molar-refractivity contribution >= 4 is 28.9 Å². The molecule has 3 aliphatic heterocycles. The molecule has 7 heteroatoms. The first-order valence-electron chi connectivity index (χ1n) is 10.1. The van der Waals surface area contributed by atoms with Gasteiger partial charge in [0.05, 0.1) is 11.4 Å². The molecule has 1 atom stereocenters. The monoisotopic (exact) mass is 383 g/mol. The van der Waals surface area contributed by atoms with Crippen LogP contribution in [0.1, 0.15) is 32.1 Å². The maximum atomic E-state index is 12.4. The van der Waals surface area contributed by atoms with Gasteiger partial charge in [-0.2, -0.15) is 0 Å². The number of benzene rings is 1. The van der Waals surface area contributed by atoms with Gasteiger partial charge in [0.25, 0.3) is 0 Å². The minimum Gasteiger partial charge on any atom is -0.371 e. The number of imide groups is 1. The van der Waals surface area contributed by atoms with Crippen molar-refractivity contribution < 1.29 is 9.59 Å². The molecule has 28 heavy (non-hydrogen) atoms. The van der Waals surface area contributed by atoms with Gasteiger partial charge in [-0.15, -0.1) is 0 Å². The Morgan fingerprint density at radius 1 is 1.18 bits per heavy atom. The summed E-state index contributed by atoms with van der Waals surface area (Å²) in [6.07, 6.45) is 4.34. The standard InChI is InChI=1S/C21H29N5O2/c1-14-24(2)19-13-16(25-11-8-15(7-10-22)9-12-25)3-4-17(19)26(14)18-5-6-20(27)23-21(18)28/h3-4,13,15,18H,1,5-12,22H2,2H3,(H,23,27,28). The Kier molecular flexibility index (Phi) is 5.02. The van der Waals surface area contributed by atoms with E-state index >= 15 is 0 Å². The smallest absolute Gasteiger partial charge is 0.249 e. The molecule has 2 fully saturated rings. The molecule has 3 N–H and O–H groups in total. The third-order valence-electron chi connectivity index (χ3n) is 6.32. The van der Waals surface area contributed by atoms with E-state index in [4.69, 9.17) is 5.73 Å². The quantitative estimate of drug-likeness (QED) is 0.772. The second-order valence-electron chi connectivity index (χ2n) is 7.99. The molecule has 3 aliphatic rings. The zero-order valence-electron chi connectivity index (χ0n) is 16.5. The number of carbonyl (C=O) groups is 2. The van der Waals surface area contributed by atoms with Crippen LogP contribution in [0.25, 0.3) is 0 Å². The summed E-state index contributed by atoms with van der Waals surface area (Å²) in [6, 6.07) is 6.00. The second kappa shape index (κ2) is 7.47. The van der Waals surface area contributed by atoms with Crippen LogP contribution in [0.15, 0.2) is 30.6 Å². The number of fused-ring (bicyclic) bond motifs is 1. The molecule has 150 valence electrons. The molecule has 1 aromatic rings. The van der Waals surface area contributed by atoms with Crippen LogP contribution in [0.2, 0.25) is 0 Å². The van der Waals surface area contributed by atoms with E-state index < -0.39 is 6.04 Å². The predicted octanol–water partition coefficient (Wildman–Crippen LogP) is 1.78. The third kappa shape index (κ3) is 3.24. The van der Waals surface area contributed by atoms with Gasteiger partial charge in [-0.05, 0) is 56.3 Å². The molecule has 0 saturated carbocycles. The van der Waals surface area contributed by atoms with E-state index in [-0.39, 0.29) is 11.8 Å². The van der Waals surface area contributed by atoms with Crippen molar-refractivity contribution in [1.82, 2.24) is 5.32 Å². The Morgan fingerprint density at radius 3 is 2.61 bits per heavy atom. The number of amides is 2.